The average Bonchev–Trinajstić information content (AvgIpc) is 2.44. The predicted octanol–water partition coefficient (Wildman–Crippen LogP) is 2.73. The molecule has 0 fully saturated rings. The Balaban J connectivity index is 2.30. The third-order valence-corrected chi connectivity index (χ3v) is 4.30. The molecule has 1 amide bonds. The molecular formula is C16H24N2O. The number of para-hydroxylation sites is 1. The fourth-order valence-electron chi connectivity index (χ4n) is 2.68. The van der Waals surface area contributed by atoms with Crippen LogP contribution in [0.15, 0.2) is 24.3 Å². The molecule has 0 bridgehead atoms. The van der Waals surface area contributed by atoms with Crippen molar-refractivity contribution in [1.82, 2.24) is 0 Å². The van der Waals surface area contributed by atoms with E-state index < -0.39 is 6.04 Å². The Labute approximate surface area is 115 Å². The molecule has 19 heavy (non-hydrogen) atoms. The summed E-state index contributed by atoms with van der Waals surface area (Å²) in [4.78, 5) is 14.6. The van der Waals surface area contributed by atoms with E-state index >= 15 is 0 Å². The number of benzene rings is 1. The van der Waals surface area contributed by atoms with Gasteiger partial charge in [0.05, 0.1) is 6.04 Å². The SMILES string of the molecule is CCC(C)[C@H](N)C(=O)N1c2ccccc2CCC1C. The highest BCUT2D eigenvalue weighted by atomic mass is 16.2. The second kappa shape index (κ2) is 5.74. The Kier molecular flexibility index (Phi) is 4.25. The Morgan fingerprint density at radius 1 is 1.47 bits per heavy atom. The predicted molar refractivity (Wildman–Crippen MR) is 79.1 cm³/mol. The standard InChI is InChI=1S/C16H24N2O/c1-4-11(2)15(17)16(19)18-12(3)9-10-13-7-5-6-8-14(13)18/h5-8,11-12,15H,4,9-10,17H2,1-3H3/t11?,12?,15-/m0/s1. The molecule has 104 valence electrons. The lowest BCUT2D eigenvalue weighted by Gasteiger charge is -2.37. The molecular weight excluding hydrogens is 236 g/mol. The van der Waals surface area contributed by atoms with Crippen molar-refractivity contribution in [3.8, 4) is 0 Å². The number of amides is 1. The van der Waals surface area contributed by atoms with Crippen LogP contribution in [-0.4, -0.2) is 18.0 Å². The molecule has 1 aliphatic heterocycles. The summed E-state index contributed by atoms with van der Waals surface area (Å²) in [6.07, 6.45) is 2.98. The van der Waals surface area contributed by atoms with Crippen molar-refractivity contribution in [3.63, 3.8) is 0 Å². The van der Waals surface area contributed by atoms with Crippen LogP contribution < -0.4 is 10.6 Å². The van der Waals surface area contributed by atoms with Gasteiger partial charge in [0.1, 0.15) is 0 Å². The number of nitrogens with zero attached hydrogens (tertiary/aromatic N) is 1. The fraction of sp³-hybridized carbons (Fsp3) is 0.562. The van der Waals surface area contributed by atoms with E-state index in [4.69, 9.17) is 5.73 Å². The molecule has 3 atom stereocenters. The van der Waals surface area contributed by atoms with E-state index in [1.807, 2.05) is 30.0 Å². The lowest BCUT2D eigenvalue weighted by Crippen LogP contribution is -2.52. The molecule has 0 spiro atoms. The lowest BCUT2D eigenvalue weighted by molar-refractivity contribution is -0.121. The van der Waals surface area contributed by atoms with Gasteiger partial charge in [0.15, 0.2) is 0 Å². The maximum absolute atomic E-state index is 12.7. The van der Waals surface area contributed by atoms with Crippen LogP contribution >= 0.6 is 0 Å². The van der Waals surface area contributed by atoms with Crippen LogP contribution in [0.4, 0.5) is 5.69 Å². The molecule has 2 N–H and O–H groups in total. The van der Waals surface area contributed by atoms with Gasteiger partial charge in [-0.05, 0) is 37.3 Å². The van der Waals surface area contributed by atoms with Crippen molar-refractivity contribution in [2.24, 2.45) is 11.7 Å². The monoisotopic (exact) mass is 260 g/mol. The van der Waals surface area contributed by atoms with Crippen molar-refractivity contribution in [2.75, 3.05) is 4.90 Å². The van der Waals surface area contributed by atoms with Gasteiger partial charge in [-0.15, -0.1) is 0 Å². The minimum atomic E-state index is -0.404. The van der Waals surface area contributed by atoms with Crippen LogP contribution in [0.25, 0.3) is 0 Å². The van der Waals surface area contributed by atoms with E-state index in [0.29, 0.717) is 0 Å². The number of carbonyl (C=O) groups is 1. The normalized spacial score (nSPS) is 21.7. The molecule has 1 heterocycles. The molecule has 3 nitrogen and oxygen atoms in total. The second-order valence-corrected chi connectivity index (χ2v) is 5.64. The van der Waals surface area contributed by atoms with Crippen LogP contribution in [0.5, 0.6) is 0 Å². The Morgan fingerprint density at radius 2 is 2.16 bits per heavy atom. The molecule has 2 unspecified atom stereocenters. The molecule has 0 saturated carbocycles. The Hall–Kier alpha value is -1.35. The molecule has 3 heteroatoms. The number of fused-ring (bicyclic) bond motifs is 1. The molecule has 1 aliphatic rings. The van der Waals surface area contributed by atoms with Crippen molar-refractivity contribution in [1.29, 1.82) is 0 Å². The molecule has 1 aromatic carbocycles. The number of hydrogen-bond acceptors (Lipinski definition) is 2. The average molecular weight is 260 g/mol. The maximum atomic E-state index is 12.7. The number of aryl methyl sites for hydroxylation is 1. The van der Waals surface area contributed by atoms with Crippen molar-refractivity contribution in [3.05, 3.63) is 29.8 Å². The Morgan fingerprint density at radius 3 is 2.84 bits per heavy atom. The number of rotatable bonds is 3. The highest BCUT2D eigenvalue weighted by Crippen LogP contribution is 2.31. The first-order valence-corrected chi connectivity index (χ1v) is 7.22. The lowest BCUT2D eigenvalue weighted by atomic mass is 9.93. The summed E-state index contributed by atoms with van der Waals surface area (Å²) >= 11 is 0. The van der Waals surface area contributed by atoms with Crippen LogP contribution in [0.3, 0.4) is 0 Å². The van der Waals surface area contributed by atoms with E-state index in [1.165, 1.54) is 5.56 Å². The fourth-order valence-corrected chi connectivity index (χ4v) is 2.68. The van der Waals surface area contributed by atoms with Gasteiger partial charge in [0.25, 0.3) is 0 Å². The first-order valence-electron chi connectivity index (χ1n) is 7.22. The second-order valence-electron chi connectivity index (χ2n) is 5.64. The summed E-state index contributed by atoms with van der Waals surface area (Å²) in [5, 5.41) is 0. The molecule has 0 aliphatic carbocycles. The van der Waals surface area contributed by atoms with E-state index in [1.54, 1.807) is 0 Å². The molecule has 0 radical (unpaired) electrons. The smallest absolute Gasteiger partial charge is 0.244 e. The summed E-state index contributed by atoms with van der Waals surface area (Å²) in [5.41, 5.74) is 8.43. The number of carbonyl (C=O) groups excluding carboxylic acids is 1. The summed E-state index contributed by atoms with van der Waals surface area (Å²) in [6, 6.07) is 8.00. The summed E-state index contributed by atoms with van der Waals surface area (Å²) in [5.74, 6) is 0.280. The summed E-state index contributed by atoms with van der Waals surface area (Å²) in [7, 11) is 0. The Bertz CT molecular complexity index is 458. The van der Waals surface area contributed by atoms with Crippen LogP contribution in [-0.2, 0) is 11.2 Å². The van der Waals surface area contributed by atoms with Crippen LogP contribution in [0, 0.1) is 5.92 Å². The molecule has 2 rings (SSSR count). The number of anilines is 1. The van der Waals surface area contributed by atoms with Gasteiger partial charge in [-0.25, -0.2) is 0 Å². The van der Waals surface area contributed by atoms with Gasteiger partial charge in [0, 0.05) is 11.7 Å². The minimum Gasteiger partial charge on any atom is -0.320 e. The first-order chi connectivity index (χ1) is 9.06. The molecule has 0 aromatic heterocycles. The zero-order valence-corrected chi connectivity index (χ0v) is 12.1. The zero-order chi connectivity index (χ0) is 14.0. The third-order valence-electron chi connectivity index (χ3n) is 4.30. The van der Waals surface area contributed by atoms with Gasteiger partial charge in [-0.1, -0.05) is 38.5 Å². The topological polar surface area (TPSA) is 46.3 Å². The van der Waals surface area contributed by atoms with Crippen molar-refractivity contribution < 1.29 is 4.79 Å². The highest BCUT2D eigenvalue weighted by molar-refractivity contribution is 5.98. The van der Waals surface area contributed by atoms with Gasteiger partial charge in [-0.2, -0.15) is 0 Å². The van der Waals surface area contributed by atoms with Crippen molar-refractivity contribution in [2.45, 2.75) is 52.1 Å². The zero-order valence-electron chi connectivity index (χ0n) is 12.1. The molecule has 1 aromatic rings. The van der Waals surface area contributed by atoms with E-state index in [0.717, 1.165) is 24.9 Å². The molecule has 0 saturated heterocycles. The van der Waals surface area contributed by atoms with E-state index in [9.17, 15) is 4.79 Å². The largest absolute Gasteiger partial charge is 0.320 e. The van der Waals surface area contributed by atoms with E-state index in [-0.39, 0.29) is 17.9 Å². The van der Waals surface area contributed by atoms with Gasteiger partial charge in [-0.3, -0.25) is 4.79 Å². The van der Waals surface area contributed by atoms with Gasteiger partial charge >= 0.3 is 0 Å². The minimum absolute atomic E-state index is 0.0639. The quantitative estimate of drug-likeness (QED) is 0.908. The van der Waals surface area contributed by atoms with Crippen LogP contribution in [0.2, 0.25) is 0 Å². The maximum Gasteiger partial charge on any atom is 0.244 e. The van der Waals surface area contributed by atoms with Crippen LogP contribution in [0.1, 0.15) is 39.2 Å². The number of hydrogen-bond donors (Lipinski definition) is 1. The number of nitrogens with two attached hydrogens (primary N) is 1. The van der Waals surface area contributed by atoms with Gasteiger partial charge < -0.3 is 10.6 Å². The highest BCUT2D eigenvalue weighted by Gasteiger charge is 2.32. The summed E-state index contributed by atoms with van der Waals surface area (Å²) in [6.45, 7) is 6.23. The summed E-state index contributed by atoms with van der Waals surface area (Å²) < 4.78 is 0. The third kappa shape index (κ3) is 2.66. The van der Waals surface area contributed by atoms with Gasteiger partial charge in [0.2, 0.25) is 5.91 Å². The van der Waals surface area contributed by atoms with E-state index in [2.05, 4.69) is 19.9 Å². The first kappa shape index (κ1) is 14.1. The van der Waals surface area contributed by atoms with Crippen molar-refractivity contribution >= 4 is 11.6 Å².